The zero-order chi connectivity index (χ0) is 18.8. The van der Waals surface area contributed by atoms with E-state index in [4.69, 9.17) is 4.74 Å². The van der Waals surface area contributed by atoms with Gasteiger partial charge in [-0.3, -0.25) is 0 Å². The smallest absolute Gasteiger partial charge is 0.342 e. The second-order valence-electron chi connectivity index (χ2n) is 6.83. The highest BCUT2D eigenvalue weighted by Crippen LogP contribution is 2.30. The van der Waals surface area contributed by atoms with Gasteiger partial charge in [0.1, 0.15) is 5.56 Å². The predicted octanol–water partition coefficient (Wildman–Crippen LogP) is 5.29. The van der Waals surface area contributed by atoms with Gasteiger partial charge in [0.25, 0.3) is 0 Å². The summed E-state index contributed by atoms with van der Waals surface area (Å²) in [5, 5.41) is 4.18. The van der Waals surface area contributed by atoms with Crippen molar-refractivity contribution in [1.29, 1.82) is 0 Å². The van der Waals surface area contributed by atoms with Crippen LogP contribution in [0.1, 0.15) is 41.0 Å². The summed E-state index contributed by atoms with van der Waals surface area (Å²) in [5.41, 5.74) is 5.73. The zero-order valence-electron chi connectivity index (χ0n) is 16.2. The van der Waals surface area contributed by atoms with E-state index in [0.717, 1.165) is 27.9 Å². The number of anilines is 2. The molecule has 0 radical (unpaired) electrons. The predicted molar refractivity (Wildman–Crippen MR) is 111 cm³/mol. The quantitative estimate of drug-likeness (QED) is 0.618. The Bertz CT molecular complexity index is 966. The van der Waals surface area contributed by atoms with Crippen LogP contribution in [0.25, 0.3) is 11.0 Å². The number of carbonyl (C=O) groups excluding carboxylic acids is 1. The summed E-state index contributed by atoms with van der Waals surface area (Å²) in [7, 11) is 0. The SMILES string of the molecule is Cc1cc(C)cc(Nc2c(C(=O)OC(C)C)cnc3nc(C)ccc23)c1.Cl. The average molecular weight is 386 g/mol. The normalized spacial score (nSPS) is 10.6. The molecule has 0 saturated carbocycles. The molecule has 142 valence electrons. The molecule has 6 heteroatoms. The van der Waals surface area contributed by atoms with Crippen molar-refractivity contribution in [3.8, 4) is 0 Å². The molecule has 5 nitrogen and oxygen atoms in total. The van der Waals surface area contributed by atoms with Crippen molar-refractivity contribution >= 4 is 40.8 Å². The second-order valence-corrected chi connectivity index (χ2v) is 6.83. The van der Waals surface area contributed by atoms with Gasteiger partial charge < -0.3 is 10.1 Å². The molecule has 0 unspecified atom stereocenters. The van der Waals surface area contributed by atoms with E-state index in [-0.39, 0.29) is 18.5 Å². The maximum absolute atomic E-state index is 12.6. The van der Waals surface area contributed by atoms with Gasteiger partial charge in [-0.05, 0) is 70.0 Å². The lowest BCUT2D eigenvalue weighted by Gasteiger charge is -2.16. The Balaban J connectivity index is 0.00000261. The maximum Gasteiger partial charge on any atom is 0.342 e. The molecule has 0 amide bonds. The van der Waals surface area contributed by atoms with Crippen LogP contribution in [0.3, 0.4) is 0 Å². The number of aryl methyl sites for hydroxylation is 3. The van der Waals surface area contributed by atoms with Gasteiger partial charge in [-0.25, -0.2) is 14.8 Å². The molecule has 27 heavy (non-hydrogen) atoms. The van der Waals surface area contributed by atoms with Crippen molar-refractivity contribution in [2.45, 2.75) is 40.7 Å². The molecule has 0 bridgehead atoms. The fraction of sp³-hybridized carbons (Fsp3) is 0.286. The molecule has 0 aliphatic carbocycles. The van der Waals surface area contributed by atoms with E-state index >= 15 is 0 Å². The van der Waals surface area contributed by atoms with E-state index < -0.39 is 5.97 Å². The second kappa shape index (κ2) is 8.35. The highest BCUT2D eigenvalue weighted by Gasteiger charge is 2.19. The number of carbonyl (C=O) groups is 1. The molecule has 0 aliphatic heterocycles. The van der Waals surface area contributed by atoms with Crippen LogP contribution in [0.2, 0.25) is 0 Å². The molecule has 3 rings (SSSR count). The zero-order valence-corrected chi connectivity index (χ0v) is 17.0. The van der Waals surface area contributed by atoms with Crippen LogP contribution in [0.15, 0.2) is 36.5 Å². The number of hydrogen-bond acceptors (Lipinski definition) is 5. The maximum atomic E-state index is 12.6. The van der Waals surface area contributed by atoms with E-state index in [1.54, 1.807) is 0 Å². The number of pyridine rings is 2. The molecule has 0 aliphatic rings. The minimum atomic E-state index is -0.401. The number of hydrogen-bond donors (Lipinski definition) is 1. The molecule has 2 aromatic heterocycles. The van der Waals surface area contributed by atoms with Crippen molar-refractivity contribution in [2.75, 3.05) is 5.32 Å². The number of ether oxygens (including phenoxy) is 1. The Morgan fingerprint density at radius 2 is 1.74 bits per heavy atom. The summed E-state index contributed by atoms with van der Waals surface area (Å²) in [5.74, 6) is -0.401. The summed E-state index contributed by atoms with van der Waals surface area (Å²) in [6, 6.07) is 10.0. The summed E-state index contributed by atoms with van der Waals surface area (Å²) in [4.78, 5) is 21.4. The van der Waals surface area contributed by atoms with Gasteiger partial charge in [0.05, 0.1) is 11.8 Å². The lowest BCUT2D eigenvalue weighted by molar-refractivity contribution is 0.0379. The number of nitrogens with zero attached hydrogens (tertiary/aromatic N) is 2. The van der Waals surface area contributed by atoms with Crippen molar-refractivity contribution in [2.24, 2.45) is 0 Å². The van der Waals surface area contributed by atoms with Crippen molar-refractivity contribution in [1.82, 2.24) is 9.97 Å². The third-order valence-electron chi connectivity index (χ3n) is 3.92. The Hall–Kier alpha value is -2.66. The first-order chi connectivity index (χ1) is 12.3. The van der Waals surface area contributed by atoms with Crippen molar-refractivity contribution in [3.05, 3.63) is 58.9 Å². The Morgan fingerprint density at radius 1 is 1.07 bits per heavy atom. The van der Waals surface area contributed by atoms with Crippen LogP contribution in [-0.2, 0) is 4.74 Å². The molecular weight excluding hydrogens is 362 g/mol. The van der Waals surface area contributed by atoms with Gasteiger partial charge in [-0.15, -0.1) is 12.4 Å². The monoisotopic (exact) mass is 385 g/mol. The third kappa shape index (κ3) is 4.74. The van der Waals surface area contributed by atoms with Gasteiger partial charge in [0.2, 0.25) is 0 Å². The van der Waals surface area contributed by atoms with Gasteiger partial charge >= 0.3 is 5.97 Å². The number of esters is 1. The highest BCUT2D eigenvalue weighted by molar-refractivity contribution is 6.05. The van der Waals surface area contributed by atoms with Gasteiger partial charge in [-0.1, -0.05) is 6.07 Å². The van der Waals surface area contributed by atoms with Gasteiger partial charge in [0, 0.05) is 23.0 Å². The van der Waals surface area contributed by atoms with Crippen LogP contribution in [0, 0.1) is 20.8 Å². The molecule has 1 aromatic carbocycles. The van der Waals surface area contributed by atoms with Crippen LogP contribution >= 0.6 is 12.4 Å². The number of aromatic nitrogens is 2. The lowest BCUT2D eigenvalue weighted by Crippen LogP contribution is -2.14. The first-order valence-electron chi connectivity index (χ1n) is 8.66. The first kappa shape index (κ1) is 20.6. The highest BCUT2D eigenvalue weighted by atomic mass is 35.5. The van der Waals surface area contributed by atoms with E-state index in [1.807, 2.05) is 58.9 Å². The summed E-state index contributed by atoms with van der Waals surface area (Å²) >= 11 is 0. The number of benzene rings is 1. The van der Waals surface area contributed by atoms with E-state index in [1.165, 1.54) is 6.20 Å². The minimum absolute atomic E-state index is 0. The lowest BCUT2D eigenvalue weighted by atomic mass is 10.1. The fourth-order valence-electron chi connectivity index (χ4n) is 2.93. The molecule has 1 N–H and O–H groups in total. The largest absolute Gasteiger partial charge is 0.459 e. The summed E-state index contributed by atoms with van der Waals surface area (Å²) in [6.45, 7) is 9.66. The van der Waals surface area contributed by atoms with E-state index in [9.17, 15) is 4.79 Å². The van der Waals surface area contributed by atoms with Crippen molar-refractivity contribution < 1.29 is 9.53 Å². The Morgan fingerprint density at radius 3 is 2.37 bits per heavy atom. The van der Waals surface area contributed by atoms with Crippen LogP contribution in [0.5, 0.6) is 0 Å². The minimum Gasteiger partial charge on any atom is -0.459 e. The third-order valence-corrected chi connectivity index (χ3v) is 3.92. The first-order valence-corrected chi connectivity index (χ1v) is 8.66. The van der Waals surface area contributed by atoms with Gasteiger partial charge in [-0.2, -0.15) is 0 Å². The summed E-state index contributed by atoms with van der Waals surface area (Å²) in [6.07, 6.45) is 1.33. The topological polar surface area (TPSA) is 64.1 Å². The standard InChI is InChI=1S/C21H23N3O2.ClH/c1-12(2)26-21(25)18-11-22-20-17(7-6-15(5)23-20)19(18)24-16-9-13(3)8-14(4)10-16;/h6-12H,1-5H3,(H,22,23,24);1H. The molecule has 0 saturated heterocycles. The molecule has 0 atom stereocenters. The fourth-order valence-corrected chi connectivity index (χ4v) is 2.93. The molecule has 2 heterocycles. The van der Waals surface area contributed by atoms with Crippen molar-refractivity contribution in [3.63, 3.8) is 0 Å². The van der Waals surface area contributed by atoms with E-state index in [2.05, 4.69) is 21.4 Å². The average Bonchev–Trinajstić information content (AvgIpc) is 2.53. The molecular formula is C21H24ClN3O2. The van der Waals surface area contributed by atoms with Gasteiger partial charge in [0.15, 0.2) is 5.65 Å². The van der Waals surface area contributed by atoms with Crippen LogP contribution in [-0.4, -0.2) is 22.0 Å². The number of nitrogens with one attached hydrogen (secondary N) is 1. The Kier molecular flexibility index (Phi) is 6.39. The molecule has 3 aromatic rings. The molecule has 0 fully saturated rings. The number of rotatable bonds is 4. The van der Waals surface area contributed by atoms with Crippen LogP contribution < -0.4 is 5.32 Å². The Labute approximate surface area is 165 Å². The summed E-state index contributed by atoms with van der Waals surface area (Å²) < 4.78 is 5.40. The van der Waals surface area contributed by atoms with E-state index in [0.29, 0.717) is 16.9 Å². The van der Waals surface area contributed by atoms with Crippen LogP contribution in [0.4, 0.5) is 11.4 Å². The molecule has 0 spiro atoms. The number of fused-ring (bicyclic) bond motifs is 1. The number of halogens is 1.